The van der Waals surface area contributed by atoms with Gasteiger partial charge in [-0.25, -0.2) is 4.84 Å². The van der Waals surface area contributed by atoms with Crippen LogP contribution in [-0.4, -0.2) is 17.1 Å². The van der Waals surface area contributed by atoms with Gasteiger partial charge in [0, 0.05) is 0 Å². The molecule has 0 atom stereocenters. The number of hydrogen-bond acceptors (Lipinski definition) is 3. The van der Waals surface area contributed by atoms with Gasteiger partial charge in [0.1, 0.15) is 0 Å². The molecule has 1 heterocycles. The van der Waals surface area contributed by atoms with Gasteiger partial charge in [0.15, 0.2) is 10.3 Å². The zero-order chi connectivity index (χ0) is 9.14. The number of aromatic nitrogens is 2. The van der Waals surface area contributed by atoms with Gasteiger partial charge in [-0.15, -0.1) is 0 Å². The molecule has 0 saturated heterocycles. The summed E-state index contributed by atoms with van der Waals surface area (Å²) in [6.07, 6.45) is 0. The van der Waals surface area contributed by atoms with Crippen LogP contribution in [0, 0.1) is 0 Å². The fourth-order valence-electron chi connectivity index (χ4n) is 0.608. The smallest absolute Gasteiger partial charge is 0.204 e. The Kier molecular flexibility index (Phi) is 3.49. The third-order valence-electron chi connectivity index (χ3n) is 1.06. The lowest BCUT2D eigenvalue weighted by Crippen LogP contribution is -2.76. The zero-order valence-electron chi connectivity index (χ0n) is 6.01. The maximum atomic E-state index is 5.68. The Morgan fingerprint density at radius 3 is 2.08 bits per heavy atom. The Labute approximate surface area is 83.8 Å². The molecule has 0 aliphatic heterocycles. The second-order valence-electron chi connectivity index (χ2n) is 1.84. The lowest BCUT2D eigenvalue weighted by Gasteiger charge is -2.00. The van der Waals surface area contributed by atoms with Crippen molar-refractivity contribution in [2.75, 3.05) is 7.11 Å². The SMILES string of the molecule is CO[NH2+]c1c(Cl)nc(Cl)nc1Cl. The summed E-state index contributed by atoms with van der Waals surface area (Å²) >= 11 is 16.8. The third-order valence-corrected chi connectivity index (χ3v) is 1.81. The lowest BCUT2D eigenvalue weighted by molar-refractivity contribution is -0.830. The van der Waals surface area contributed by atoms with E-state index in [0.717, 1.165) is 0 Å². The number of nitrogens with two attached hydrogens (primary N) is 1. The third kappa shape index (κ3) is 2.18. The van der Waals surface area contributed by atoms with Crippen molar-refractivity contribution in [3.8, 4) is 0 Å². The highest BCUT2D eigenvalue weighted by atomic mass is 35.5. The van der Waals surface area contributed by atoms with Crippen molar-refractivity contribution in [3.05, 3.63) is 15.6 Å². The van der Waals surface area contributed by atoms with Crippen LogP contribution in [0.25, 0.3) is 0 Å². The van der Waals surface area contributed by atoms with E-state index in [0.29, 0.717) is 5.69 Å². The molecule has 4 nitrogen and oxygen atoms in total. The number of quaternary nitrogens is 1. The second-order valence-corrected chi connectivity index (χ2v) is 2.90. The van der Waals surface area contributed by atoms with E-state index in [4.69, 9.17) is 39.6 Å². The average molecular weight is 229 g/mol. The number of nitrogens with zero attached hydrogens (tertiary/aromatic N) is 2. The summed E-state index contributed by atoms with van der Waals surface area (Å²) in [6, 6.07) is 0. The van der Waals surface area contributed by atoms with Gasteiger partial charge in [-0.2, -0.15) is 15.4 Å². The lowest BCUT2D eigenvalue weighted by atomic mass is 10.6. The fourth-order valence-corrected chi connectivity index (χ4v) is 1.34. The standard InChI is InChI=1S/C5H4Cl3N3O/c1-12-11-2-3(6)9-5(8)10-4(2)7/h11H,1H3/p+1. The Morgan fingerprint density at radius 1 is 1.17 bits per heavy atom. The van der Waals surface area contributed by atoms with Crippen LogP contribution in [0.2, 0.25) is 15.6 Å². The summed E-state index contributed by atoms with van der Waals surface area (Å²) in [5.74, 6) is 0. The molecule has 0 fully saturated rings. The minimum Gasteiger partial charge on any atom is -0.204 e. The first-order chi connectivity index (χ1) is 5.65. The molecule has 0 spiro atoms. The van der Waals surface area contributed by atoms with Gasteiger partial charge >= 0.3 is 0 Å². The summed E-state index contributed by atoms with van der Waals surface area (Å²) in [7, 11) is 1.47. The van der Waals surface area contributed by atoms with E-state index >= 15 is 0 Å². The highest BCUT2D eigenvalue weighted by Crippen LogP contribution is 2.23. The van der Waals surface area contributed by atoms with E-state index in [1.54, 1.807) is 0 Å². The molecular formula is C5H5Cl3N3O+. The van der Waals surface area contributed by atoms with Crippen LogP contribution in [0.5, 0.6) is 0 Å². The average Bonchev–Trinajstić information content (AvgIpc) is 1.96. The van der Waals surface area contributed by atoms with Crippen LogP contribution in [0.1, 0.15) is 0 Å². The Hall–Kier alpha value is -0.130. The molecule has 1 aromatic heterocycles. The highest BCUT2D eigenvalue weighted by Gasteiger charge is 2.14. The quantitative estimate of drug-likeness (QED) is 0.471. The largest absolute Gasteiger partial charge is 0.237 e. The first-order valence-corrected chi connectivity index (χ1v) is 4.03. The molecule has 1 aromatic rings. The monoisotopic (exact) mass is 228 g/mol. The minimum atomic E-state index is 0.0123. The van der Waals surface area contributed by atoms with Crippen molar-refractivity contribution in [2.24, 2.45) is 0 Å². The Morgan fingerprint density at radius 2 is 1.67 bits per heavy atom. The van der Waals surface area contributed by atoms with Crippen molar-refractivity contribution < 1.29 is 10.3 Å². The molecule has 0 amide bonds. The number of rotatable bonds is 2. The molecule has 1 rings (SSSR count). The predicted molar refractivity (Wildman–Crippen MR) is 45.7 cm³/mol. The number of halogens is 3. The molecule has 0 bridgehead atoms. The molecular weight excluding hydrogens is 224 g/mol. The van der Waals surface area contributed by atoms with Crippen LogP contribution in [0.15, 0.2) is 0 Å². The summed E-state index contributed by atoms with van der Waals surface area (Å²) in [5, 5.41) is 0.349. The van der Waals surface area contributed by atoms with E-state index in [1.165, 1.54) is 12.6 Å². The summed E-state index contributed by atoms with van der Waals surface area (Å²) < 4.78 is 0. The molecule has 0 aliphatic carbocycles. The van der Waals surface area contributed by atoms with Gasteiger partial charge in [0.25, 0.3) is 0 Å². The van der Waals surface area contributed by atoms with Crippen LogP contribution >= 0.6 is 34.8 Å². The van der Waals surface area contributed by atoms with E-state index in [2.05, 4.69) is 9.97 Å². The molecule has 0 aromatic carbocycles. The molecule has 66 valence electrons. The summed E-state index contributed by atoms with van der Waals surface area (Å²) in [4.78, 5) is 12.1. The molecule has 7 heteroatoms. The van der Waals surface area contributed by atoms with Gasteiger partial charge < -0.3 is 0 Å². The van der Waals surface area contributed by atoms with Crippen molar-refractivity contribution in [1.82, 2.24) is 9.97 Å². The first kappa shape index (κ1) is 9.95. The van der Waals surface area contributed by atoms with E-state index < -0.39 is 0 Å². The topological polar surface area (TPSA) is 51.6 Å². The zero-order valence-corrected chi connectivity index (χ0v) is 8.28. The fraction of sp³-hybridized carbons (Fsp3) is 0.200. The van der Waals surface area contributed by atoms with Crippen molar-refractivity contribution >= 4 is 40.5 Å². The normalized spacial score (nSPS) is 10.3. The predicted octanol–water partition coefficient (Wildman–Crippen LogP) is 1.19. The van der Waals surface area contributed by atoms with Gasteiger partial charge in [0.05, 0.1) is 7.11 Å². The van der Waals surface area contributed by atoms with Crippen molar-refractivity contribution in [2.45, 2.75) is 0 Å². The van der Waals surface area contributed by atoms with Crippen molar-refractivity contribution in [3.63, 3.8) is 0 Å². The van der Waals surface area contributed by atoms with Crippen LogP contribution < -0.4 is 5.48 Å². The molecule has 0 radical (unpaired) electrons. The van der Waals surface area contributed by atoms with Gasteiger partial charge in [-0.1, -0.05) is 23.2 Å². The Bertz CT molecular complexity index is 270. The summed E-state index contributed by atoms with van der Waals surface area (Å²) in [6.45, 7) is 0. The van der Waals surface area contributed by atoms with Gasteiger partial charge in [-0.05, 0) is 11.6 Å². The molecule has 12 heavy (non-hydrogen) atoms. The molecule has 0 unspecified atom stereocenters. The molecule has 0 saturated carbocycles. The second kappa shape index (κ2) is 4.20. The highest BCUT2D eigenvalue weighted by molar-refractivity contribution is 6.38. The Balaban J connectivity index is 3.10. The van der Waals surface area contributed by atoms with Crippen LogP contribution in [0.4, 0.5) is 5.69 Å². The molecule has 0 aliphatic rings. The maximum Gasteiger partial charge on any atom is 0.237 e. The van der Waals surface area contributed by atoms with Crippen LogP contribution in [-0.2, 0) is 4.84 Å². The number of hydrogen-bond donors (Lipinski definition) is 1. The van der Waals surface area contributed by atoms with Gasteiger partial charge in [0.2, 0.25) is 11.0 Å². The summed E-state index contributed by atoms with van der Waals surface area (Å²) in [5.41, 5.74) is 1.77. The van der Waals surface area contributed by atoms with Crippen LogP contribution in [0.3, 0.4) is 0 Å². The van der Waals surface area contributed by atoms with Gasteiger partial charge in [-0.3, -0.25) is 0 Å². The maximum absolute atomic E-state index is 5.68. The van der Waals surface area contributed by atoms with E-state index in [-0.39, 0.29) is 15.6 Å². The molecule has 2 N–H and O–H groups in total. The first-order valence-electron chi connectivity index (χ1n) is 2.89. The van der Waals surface area contributed by atoms with Crippen molar-refractivity contribution in [1.29, 1.82) is 0 Å². The van der Waals surface area contributed by atoms with E-state index in [9.17, 15) is 0 Å². The van der Waals surface area contributed by atoms with E-state index in [1.807, 2.05) is 0 Å². The minimum absolute atomic E-state index is 0.0123.